The maximum Gasteiger partial charge on any atom is 0.259 e. The Bertz CT molecular complexity index is 1190. The van der Waals surface area contributed by atoms with E-state index < -0.39 is 5.91 Å². The van der Waals surface area contributed by atoms with E-state index in [1.54, 1.807) is 36.4 Å². The first-order valence-corrected chi connectivity index (χ1v) is 9.10. The first kappa shape index (κ1) is 18.3. The number of nitrogens with one attached hydrogen (secondary N) is 2. The highest BCUT2D eigenvalue weighted by atomic mass is 16.3. The number of carbonyl (C=O) groups excluding carboxylic acids is 2. The van der Waals surface area contributed by atoms with E-state index in [0.29, 0.717) is 16.9 Å². The number of benzene rings is 4. The van der Waals surface area contributed by atoms with E-state index in [1.807, 2.05) is 54.6 Å². The SMILES string of the molecule is O=C(Nc1ccccc1)c1ccc(NC(=O)c2cc3ccccc3cc2O)cc1. The lowest BCUT2D eigenvalue weighted by atomic mass is 10.1. The van der Waals surface area contributed by atoms with Crippen molar-refractivity contribution in [1.82, 2.24) is 0 Å². The molecule has 0 fully saturated rings. The fourth-order valence-corrected chi connectivity index (χ4v) is 3.04. The van der Waals surface area contributed by atoms with Crippen LogP contribution in [-0.2, 0) is 0 Å². The van der Waals surface area contributed by atoms with Crippen LogP contribution in [0.1, 0.15) is 20.7 Å². The highest BCUT2D eigenvalue weighted by Crippen LogP contribution is 2.26. The Morgan fingerprint density at radius 3 is 1.86 bits per heavy atom. The number of carbonyl (C=O) groups is 2. The molecule has 0 heterocycles. The lowest BCUT2D eigenvalue weighted by Crippen LogP contribution is -2.14. The molecule has 0 atom stereocenters. The van der Waals surface area contributed by atoms with Crippen LogP contribution in [0.5, 0.6) is 5.75 Å². The first-order chi connectivity index (χ1) is 14.1. The van der Waals surface area contributed by atoms with Crippen LogP contribution in [0.2, 0.25) is 0 Å². The van der Waals surface area contributed by atoms with Crippen LogP contribution in [0.3, 0.4) is 0 Å². The third-order valence-electron chi connectivity index (χ3n) is 4.55. The lowest BCUT2D eigenvalue weighted by molar-refractivity contribution is 0.101. The molecule has 29 heavy (non-hydrogen) atoms. The van der Waals surface area contributed by atoms with Gasteiger partial charge in [0.15, 0.2) is 0 Å². The van der Waals surface area contributed by atoms with Gasteiger partial charge in [-0.05, 0) is 59.3 Å². The van der Waals surface area contributed by atoms with Crippen molar-refractivity contribution >= 4 is 34.0 Å². The quantitative estimate of drug-likeness (QED) is 0.462. The highest BCUT2D eigenvalue weighted by molar-refractivity contribution is 6.09. The van der Waals surface area contributed by atoms with E-state index in [2.05, 4.69) is 10.6 Å². The second-order valence-corrected chi connectivity index (χ2v) is 6.57. The van der Waals surface area contributed by atoms with Crippen molar-refractivity contribution in [2.24, 2.45) is 0 Å². The molecule has 2 amide bonds. The maximum atomic E-state index is 12.6. The van der Waals surface area contributed by atoms with Gasteiger partial charge in [0.2, 0.25) is 0 Å². The number of rotatable bonds is 4. The van der Waals surface area contributed by atoms with Gasteiger partial charge in [0, 0.05) is 16.9 Å². The molecule has 5 nitrogen and oxygen atoms in total. The summed E-state index contributed by atoms with van der Waals surface area (Å²) in [6.45, 7) is 0. The van der Waals surface area contributed by atoms with Crippen molar-refractivity contribution in [2.75, 3.05) is 10.6 Å². The molecule has 5 heteroatoms. The number of para-hydroxylation sites is 1. The molecule has 0 spiro atoms. The van der Waals surface area contributed by atoms with Crippen LogP contribution >= 0.6 is 0 Å². The Morgan fingerprint density at radius 1 is 0.621 bits per heavy atom. The van der Waals surface area contributed by atoms with E-state index in [4.69, 9.17) is 0 Å². The molecular weight excluding hydrogens is 364 g/mol. The van der Waals surface area contributed by atoms with Crippen molar-refractivity contribution in [1.29, 1.82) is 0 Å². The zero-order chi connectivity index (χ0) is 20.2. The summed E-state index contributed by atoms with van der Waals surface area (Å²) in [5.74, 6) is -0.740. The fourth-order valence-electron chi connectivity index (χ4n) is 3.04. The minimum atomic E-state index is -0.422. The summed E-state index contributed by atoms with van der Waals surface area (Å²) in [5, 5.41) is 17.5. The third-order valence-corrected chi connectivity index (χ3v) is 4.55. The van der Waals surface area contributed by atoms with E-state index in [0.717, 1.165) is 10.8 Å². The fraction of sp³-hybridized carbons (Fsp3) is 0. The molecule has 0 saturated carbocycles. The van der Waals surface area contributed by atoms with Gasteiger partial charge in [-0.15, -0.1) is 0 Å². The molecule has 0 unspecified atom stereocenters. The van der Waals surface area contributed by atoms with Gasteiger partial charge in [-0.3, -0.25) is 9.59 Å². The molecule has 3 N–H and O–H groups in total. The monoisotopic (exact) mass is 382 g/mol. The second-order valence-electron chi connectivity index (χ2n) is 6.57. The van der Waals surface area contributed by atoms with Crippen molar-refractivity contribution in [3.63, 3.8) is 0 Å². The van der Waals surface area contributed by atoms with E-state index >= 15 is 0 Å². The number of hydrogen-bond acceptors (Lipinski definition) is 3. The predicted octanol–water partition coefficient (Wildman–Crippen LogP) is 5.05. The van der Waals surface area contributed by atoms with Gasteiger partial charge in [0.1, 0.15) is 5.75 Å². The predicted molar refractivity (Wildman–Crippen MR) is 114 cm³/mol. The van der Waals surface area contributed by atoms with Crippen molar-refractivity contribution < 1.29 is 14.7 Å². The van der Waals surface area contributed by atoms with Crippen LogP contribution in [0.25, 0.3) is 10.8 Å². The number of hydrogen-bond donors (Lipinski definition) is 3. The number of phenolic OH excluding ortho intramolecular Hbond substituents is 1. The van der Waals surface area contributed by atoms with Crippen LogP contribution < -0.4 is 10.6 Å². The van der Waals surface area contributed by atoms with Gasteiger partial charge < -0.3 is 15.7 Å². The summed E-state index contributed by atoms with van der Waals surface area (Å²) in [6, 6.07) is 26.5. The van der Waals surface area contributed by atoms with Crippen molar-refractivity contribution in [3.8, 4) is 5.75 Å². The summed E-state index contributed by atoms with van der Waals surface area (Å²) < 4.78 is 0. The standard InChI is InChI=1S/C24H18N2O3/c27-22-15-18-7-5-4-6-17(18)14-21(22)24(29)26-20-12-10-16(11-13-20)23(28)25-19-8-2-1-3-9-19/h1-15,27H,(H,25,28)(H,26,29). The molecule has 0 saturated heterocycles. The van der Waals surface area contributed by atoms with Crippen molar-refractivity contribution in [2.45, 2.75) is 0 Å². The normalized spacial score (nSPS) is 10.5. The van der Waals surface area contributed by atoms with E-state index in [1.165, 1.54) is 0 Å². The van der Waals surface area contributed by atoms with Gasteiger partial charge >= 0.3 is 0 Å². The summed E-state index contributed by atoms with van der Waals surface area (Å²) in [7, 11) is 0. The zero-order valence-electron chi connectivity index (χ0n) is 15.4. The summed E-state index contributed by atoms with van der Waals surface area (Å²) in [4.78, 5) is 24.9. The number of fused-ring (bicyclic) bond motifs is 1. The second kappa shape index (κ2) is 7.86. The minimum absolute atomic E-state index is 0.0833. The molecule has 4 rings (SSSR count). The Labute approximate surface area is 167 Å². The largest absolute Gasteiger partial charge is 0.507 e. The van der Waals surface area contributed by atoms with Crippen LogP contribution in [0.4, 0.5) is 11.4 Å². The Hall–Kier alpha value is -4.12. The summed E-state index contributed by atoms with van der Waals surface area (Å²) in [6.07, 6.45) is 0. The van der Waals surface area contributed by atoms with Crippen LogP contribution in [0, 0.1) is 0 Å². The number of aromatic hydroxyl groups is 1. The maximum absolute atomic E-state index is 12.6. The number of phenols is 1. The Kier molecular flexibility index (Phi) is 4.95. The smallest absolute Gasteiger partial charge is 0.259 e. The van der Waals surface area contributed by atoms with Gasteiger partial charge in [0.25, 0.3) is 11.8 Å². The number of anilines is 2. The Morgan fingerprint density at radius 2 is 1.17 bits per heavy atom. The van der Waals surface area contributed by atoms with Gasteiger partial charge in [-0.1, -0.05) is 42.5 Å². The van der Waals surface area contributed by atoms with Gasteiger partial charge in [0.05, 0.1) is 5.56 Å². The molecule has 0 aromatic heterocycles. The molecule has 4 aromatic rings. The minimum Gasteiger partial charge on any atom is -0.507 e. The summed E-state index contributed by atoms with van der Waals surface area (Å²) in [5.41, 5.74) is 1.90. The first-order valence-electron chi connectivity index (χ1n) is 9.10. The highest BCUT2D eigenvalue weighted by Gasteiger charge is 2.13. The van der Waals surface area contributed by atoms with Crippen LogP contribution in [-0.4, -0.2) is 16.9 Å². The molecular formula is C24H18N2O3. The Balaban J connectivity index is 1.48. The molecule has 142 valence electrons. The summed E-state index contributed by atoms with van der Waals surface area (Å²) >= 11 is 0. The topological polar surface area (TPSA) is 78.4 Å². The number of amides is 2. The zero-order valence-corrected chi connectivity index (χ0v) is 15.4. The lowest BCUT2D eigenvalue weighted by Gasteiger charge is -2.09. The molecule has 0 radical (unpaired) electrons. The average molecular weight is 382 g/mol. The van der Waals surface area contributed by atoms with E-state index in [-0.39, 0.29) is 17.2 Å². The van der Waals surface area contributed by atoms with E-state index in [9.17, 15) is 14.7 Å². The van der Waals surface area contributed by atoms with Gasteiger partial charge in [-0.2, -0.15) is 0 Å². The molecule has 0 aliphatic rings. The van der Waals surface area contributed by atoms with Gasteiger partial charge in [-0.25, -0.2) is 0 Å². The molecule has 0 bridgehead atoms. The third kappa shape index (κ3) is 4.09. The van der Waals surface area contributed by atoms with Crippen molar-refractivity contribution in [3.05, 3.63) is 102 Å². The molecule has 4 aromatic carbocycles. The average Bonchev–Trinajstić information content (AvgIpc) is 2.74. The molecule has 0 aliphatic heterocycles. The van der Waals surface area contributed by atoms with Crippen LogP contribution in [0.15, 0.2) is 91.0 Å². The molecule has 0 aliphatic carbocycles.